The van der Waals surface area contributed by atoms with E-state index in [2.05, 4.69) is 10.2 Å². The molecule has 30 heavy (non-hydrogen) atoms. The van der Waals surface area contributed by atoms with Crippen LogP contribution in [0.25, 0.3) is 0 Å². The summed E-state index contributed by atoms with van der Waals surface area (Å²) in [6.45, 7) is 8.23. The Morgan fingerprint density at radius 2 is 2.13 bits per heavy atom. The van der Waals surface area contributed by atoms with E-state index in [1.54, 1.807) is 0 Å². The molecule has 0 aromatic heterocycles. The predicted octanol–water partition coefficient (Wildman–Crippen LogP) is 1.92. The third-order valence-electron chi connectivity index (χ3n) is 5.42. The monoisotopic (exact) mass is 441 g/mol. The number of nitrogens with one attached hydrogen (secondary N) is 1. The van der Waals surface area contributed by atoms with Crippen molar-refractivity contribution in [1.82, 2.24) is 10.2 Å². The maximum absolute atomic E-state index is 12.8. The molecule has 1 saturated heterocycles. The van der Waals surface area contributed by atoms with Crippen molar-refractivity contribution in [3.63, 3.8) is 0 Å². The first-order chi connectivity index (χ1) is 14.4. The number of amides is 1. The van der Waals surface area contributed by atoms with Crippen LogP contribution in [0.15, 0.2) is 6.07 Å². The molecular weight excluding hydrogens is 410 g/mol. The summed E-state index contributed by atoms with van der Waals surface area (Å²) < 4.78 is 16.7. The molecule has 4 N–H and O–H groups in total. The van der Waals surface area contributed by atoms with Crippen molar-refractivity contribution in [2.45, 2.75) is 38.9 Å². The number of nitrogens with two attached hydrogens (primary N) is 1. The Morgan fingerprint density at radius 3 is 2.83 bits per heavy atom. The number of piperidine rings is 1. The first-order valence-corrected chi connectivity index (χ1v) is 10.9. The van der Waals surface area contributed by atoms with Crippen molar-refractivity contribution >= 4 is 23.2 Å². The number of ether oxygens (including phenoxy) is 3. The lowest BCUT2D eigenvalue weighted by Crippen LogP contribution is -2.48. The Labute approximate surface area is 182 Å². The number of halogens is 1. The molecule has 3 rings (SSSR count). The molecule has 1 aromatic carbocycles. The standard InChI is InChI=1S/C21H32ClN3O5/c1-13(2)28-7-3-5-25-6-4-14(17(26)12-25)11-24-21(27)15-10-16(23)18(22)20-19(15)29-8-9-30-20/h10,13-14,17,26H,3-9,11-12,23H2,1-2H3,(H,24,27)/t14-,17+/m0/s1. The highest BCUT2D eigenvalue weighted by Crippen LogP contribution is 2.43. The number of carbonyl (C=O) groups is 1. The third-order valence-corrected chi connectivity index (χ3v) is 5.81. The molecule has 2 atom stereocenters. The highest BCUT2D eigenvalue weighted by molar-refractivity contribution is 6.35. The zero-order valence-electron chi connectivity index (χ0n) is 17.7. The van der Waals surface area contributed by atoms with Gasteiger partial charge in [-0.3, -0.25) is 4.79 Å². The number of hydrogen-bond donors (Lipinski definition) is 3. The van der Waals surface area contributed by atoms with E-state index in [0.29, 0.717) is 43.4 Å². The second kappa shape index (κ2) is 10.5. The van der Waals surface area contributed by atoms with Crippen molar-refractivity contribution < 1.29 is 24.1 Å². The molecule has 0 saturated carbocycles. The van der Waals surface area contributed by atoms with Crippen molar-refractivity contribution in [2.75, 3.05) is 51.7 Å². The number of likely N-dealkylation sites (tertiary alicyclic amines) is 1. The molecule has 2 heterocycles. The zero-order chi connectivity index (χ0) is 21.7. The maximum Gasteiger partial charge on any atom is 0.255 e. The van der Waals surface area contributed by atoms with Crippen molar-refractivity contribution in [2.24, 2.45) is 5.92 Å². The first-order valence-electron chi connectivity index (χ1n) is 10.5. The fourth-order valence-electron chi connectivity index (χ4n) is 3.78. The molecule has 168 valence electrons. The second-order valence-corrected chi connectivity index (χ2v) is 8.46. The van der Waals surface area contributed by atoms with Crippen molar-refractivity contribution in [3.05, 3.63) is 16.7 Å². The van der Waals surface area contributed by atoms with Crippen LogP contribution in [0.4, 0.5) is 5.69 Å². The summed E-state index contributed by atoms with van der Waals surface area (Å²) in [5.41, 5.74) is 6.48. The molecule has 0 spiro atoms. The van der Waals surface area contributed by atoms with Gasteiger partial charge in [-0.15, -0.1) is 0 Å². The van der Waals surface area contributed by atoms with Crippen LogP contribution >= 0.6 is 11.6 Å². The van der Waals surface area contributed by atoms with E-state index in [9.17, 15) is 9.90 Å². The van der Waals surface area contributed by atoms with Gasteiger partial charge in [0.15, 0.2) is 11.5 Å². The lowest BCUT2D eigenvalue weighted by molar-refractivity contribution is 0.0145. The number of hydrogen-bond acceptors (Lipinski definition) is 7. The Bertz CT molecular complexity index is 746. The number of anilines is 1. The zero-order valence-corrected chi connectivity index (χ0v) is 18.4. The molecule has 9 heteroatoms. The maximum atomic E-state index is 12.8. The molecule has 0 unspecified atom stereocenters. The average Bonchev–Trinajstić information content (AvgIpc) is 2.73. The molecule has 1 aromatic rings. The average molecular weight is 442 g/mol. The van der Waals surface area contributed by atoms with Crippen LogP contribution < -0.4 is 20.5 Å². The van der Waals surface area contributed by atoms with Crippen LogP contribution in [0.3, 0.4) is 0 Å². The Kier molecular flexibility index (Phi) is 8.05. The second-order valence-electron chi connectivity index (χ2n) is 8.08. The van der Waals surface area contributed by atoms with Gasteiger partial charge in [-0.25, -0.2) is 0 Å². The van der Waals surface area contributed by atoms with Gasteiger partial charge < -0.3 is 35.3 Å². The van der Waals surface area contributed by atoms with Gasteiger partial charge in [-0.05, 0) is 39.3 Å². The minimum Gasteiger partial charge on any atom is -0.485 e. The van der Waals surface area contributed by atoms with Gasteiger partial charge >= 0.3 is 0 Å². The summed E-state index contributed by atoms with van der Waals surface area (Å²) in [4.78, 5) is 15.0. The van der Waals surface area contributed by atoms with Crippen LogP contribution in [-0.2, 0) is 4.74 Å². The molecule has 1 amide bonds. The van der Waals surface area contributed by atoms with Gasteiger partial charge in [0, 0.05) is 32.2 Å². The van der Waals surface area contributed by atoms with Crippen LogP contribution in [0.1, 0.15) is 37.0 Å². The van der Waals surface area contributed by atoms with E-state index in [1.165, 1.54) is 6.07 Å². The number of nitrogens with zero attached hydrogens (tertiary/aromatic N) is 1. The van der Waals surface area contributed by atoms with E-state index in [0.717, 1.165) is 32.5 Å². The van der Waals surface area contributed by atoms with Crippen LogP contribution in [0, 0.1) is 5.92 Å². The number of aliphatic hydroxyl groups is 1. The molecule has 8 nitrogen and oxygen atoms in total. The Hall–Kier alpha value is -1.74. The Morgan fingerprint density at radius 1 is 1.40 bits per heavy atom. The van der Waals surface area contributed by atoms with Gasteiger partial charge in [-0.1, -0.05) is 11.6 Å². The topological polar surface area (TPSA) is 106 Å². The van der Waals surface area contributed by atoms with Gasteiger partial charge in [0.25, 0.3) is 5.91 Å². The molecule has 1 fully saturated rings. The summed E-state index contributed by atoms with van der Waals surface area (Å²) >= 11 is 6.17. The fraction of sp³-hybridized carbons (Fsp3) is 0.667. The minimum absolute atomic E-state index is 0.00486. The molecule has 2 aliphatic rings. The number of benzene rings is 1. The number of nitrogen functional groups attached to an aromatic ring is 1. The highest BCUT2D eigenvalue weighted by Gasteiger charge is 2.29. The summed E-state index contributed by atoms with van der Waals surface area (Å²) in [6.07, 6.45) is 1.50. The molecule has 2 aliphatic heterocycles. The number of aliphatic hydroxyl groups excluding tert-OH is 1. The first kappa shape index (κ1) is 22.9. The number of β-amino-alcohol motifs (C(OH)–C–C–N with tert-alkyl or cyclic N) is 1. The van der Waals surface area contributed by atoms with Crippen LogP contribution in [0.2, 0.25) is 5.02 Å². The quantitative estimate of drug-likeness (QED) is 0.418. The van der Waals surface area contributed by atoms with Crippen LogP contribution in [0.5, 0.6) is 11.5 Å². The molecular formula is C21H32ClN3O5. The van der Waals surface area contributed by atoms with Gasteiger partial charge in [-0.2, -0.15) is 0 Å². The van der Waals surface area contributed by atoms with Gasteiger partial charge in [0.2, 0.25) is 0 Å². The number of rotatable bonds is 8. The van der Waals surface area contributed by atoms with Crippen molar-refractivity contribution in [3.8, 4) is 11.5 Å². The number of carbonyl (C=O) groups excluding carboxylic acids is 1. The van der Waals surface area contributed by atoms with E-state index < -0.39 is 6.10 Å². The Balaban J connectivity index is 1.51. The van der Waals surface area contributed by atoms with E-state index >= 15 is 0 Å². The lowest BCUT2D eigenvalue weighted by Gasteiger charge is -2.36. The fourth-order valence-corrected chi connectivity index (χ4v) is 3.97. The molecule has 0 bridgehead atoms. The minimum atomic E-state index is -0.492. The molecule has 0 radical (unpaired) electrons. The van der Waals surface area contributed by atoms with E-state index in [1.807, 2.05) is 13.8 Å². The highest BCUT2D eigenvalue weighted by atomic mass is 35.5. The number of fused-ring (bicyclic) bond motifs is 1. The largest absolute Gasteiger partial charge is 0.485 e. The molecule has 0 aliphatic carbocycles. The van der Waals surface area contributed by atoms with Crippen LogP contribution in [-0.4, -0.2) is 74.1 Å². The van der Waals surface area contributed by atoms with E-state index in [4.69, 9.17) is 31.5 Å². The smallest absolute Gasteiger partial charge is 0.255 e. The SMILES string of the molecule is CC(C)OCCCN1CC[C@@H](CNC(=O)c2cc(N)c(Cl)c3c2OCCO3)[C@H](O)C1. The van der Waals surface area contributed by atoms with Crippen molar-refractivity contribution in [1.29, 1.82) is 0 Å². The summed E-state index contributed by atoms with van der Waals surface area (Å²) in [7, 11) is 0. The van der Waals surface area contributed by atoms with Gasteiger partial charge in [0.1, 0.15) is 18.2 Å². The normalized spacial score (nSPS) is 21.6. The predicted molar refractivity (Wildman–Crippen MR) is 115 cm³/mol. The van der Waals surface area contributed by atoms with E-state index in [-0.39, 0.29) is 28.6 Å². The van der Waals surface area contributed by atoms with Gasteiger partial charge in [0.05, 0.1) is 23.5 Å². The third kappa shape index (κ3) is 5.69. The summed E-state index contributed by atoms with van der Waals surface area (Å²) in [5, 5.41) is 13.7. The summed E-state index contributed by atoms with van der Waals surface area (Å²) in [5.74, 6) is 0.301. The summed E-state index contributed by atoms with van der Waals surface area (Å²) in [6, 6.07) is 1.50. The lowest BCUT2D eigenvalue weighted by atomic mass is 9.93.